The Morgan fingerprint density at radius 1 is 1.26 bits per heavy atom. The average molecular weight is 503 g/mol. The number of nitrogens with zero attached hydrogens (tertiary/aromatic N) is 4. The molecule has 2 amide bonds. The number of rotatable bonds is 10. The standard InChI is InChI=1S/C23H30N6O5S/c1-6-17-20(21(22(24)30)29(27-17)12-19-25-9-10-28(19)4)26-23(31)16-11-15(35(5,32)33)7-8-18(16)34-13-14(2)3/h7-11,14H,6,12-13H2,1-5H3,(H2,24,30)(H,26,31). The minimum Gasteiger partial charge on any atom is -0.492 e. The highest BCUT2D eigenvalue weighted by Gasteiger charge is 2.26. The highest BCUT2D eigenvalue weighted by molar-refractivity contribution is 7.90. The minimum atomic E-state index is -3.58. The number of hydrogen-bond donors (Lipinski definition) is 2. The molecule has 0 aliphatic carbocycles. The molecule has 0 aliphatic heterocycles. The molecule has 0 spiro atoms. The lowest BCUT2D eigenvalue weighted by molar-refractivity contribution is 0.0991. The van der Waals surface area contributed by atoms with Crippen LogP contribution in [0.25, 0.3) is 0 Å². The fraction of sp³-hybridized carbons (Fsp3) is 0.391. The zero-order valence-corrected chi connectivity index (χ0v) is 21.2. The fourth-order valence-corrected chi connectivity index (χ4v) is 4.07. The molecule has 3 aromatic rings. The number of carbonyl (C=O) groups excluding carboxylic acids is 2. The van der Waals surface area contributed by atoms with Gasteiger partial charge in [-0.1, -0.05) is 20.8 Å². The maximum absolute atomic E-state index is 13.4. The van der Waals surface area contributed by atoms with Gasteiger partial charge < -0.3 is 20.4 Å². The lowest BCUT2D eigenvalue weighted by Crippen LogP contribution is -2.23. The second-order valence-electron chi connectivity index (χ2n) is 8.59. The highest BCUT2D eigenvalue weighted by Crippen LogP contribution is 2.27. The second-order valence-corrected chi connectivity index (χ2v) is 10.6. The van der Waals surface area contributed by atoms with E-state index in [0.29, 0.717) is 24.5 Å². The Morgan fingerprint density at radius 3 is 2.51 bits per heavy atom. The van der Waals surface area contributed by atoms with Gasteiger partial charge in [-0.2, -0.15) is 5.10 Å². The number of aryl methyl sites for hydroxylation is 2. The first kappa shape index (κ1) is 25.9. The monoisotopic (exact) mass is 502 g/mol. The first-order chi connectivity index (χ1) is 16.4. The third-order valence-corrected chi connectivity index (χ3v) is 6.35. The van der Waals surface area contributed by atoms with Crippen LogP contribution in [-0.4, -0.2) is 52.4 Å². The Morgan fingerprint density at radius 2 is 1.97 bits per heavy atom. The van der Waals surface area contributed by atoms with Crippen molar-refractivity contribution in [2.24, 2.45) is 18.7 Å². The van der Waals surface area contributed by atoms with E-state index in [1.165, 1.54) is 22.9 Å². The molecule has 0 saturated carbocycles. The molecule has 2 heterocycles. The van der Waals surface area contributed by atoms with Crippen molar-refractivity contribution in [3.8, 4) is 5.75 Å². The van der Waals surface area contributed by atoms with Gasteiger partial charge in [0.05, 0.1) is 28.4 Å². The van der Waals surface area contributed by atoms with E-state index in [-0.39, 0.29) is 40.1 Å². The molecule has 0 saturated heterocycles. The van der Waals surface area contributed by atoms with Crippen LogP contribution in [0, 0.1) is 5.92 Å². The lowest BCUT2D eigenvalue weighted by Gasteiger charge is -2.15. The van der Waals surface area contributed by atoms with Crippen molar-refractivity contribution < 1.29 is 22.7 Å². The molecule has 0 fully saturated rings. The van der Waals surface area contributed by atoms with E-state index < -0.39 is 21.7 Å². The molecule has 0 unspecified atom stereocenters. The molecule has 2 aromatic heterocycles. The van der Waals surface area contributed by atoms with Gasteiger partial charge in [0.15, 0.2) is 9.84 Å². The van der Waals surface area contributed by atoms with Crippen molar-refractivity contribution in [2.45, 2.75) is 38.6 Å². The molecule has 0 radical (unpaired) electrons. The molecule has 3 N–H and O–H groups in total. The molecule has 11 nitrogen and oxygen atoms in total. The van der Waals surface area contributed by atoms with Gasteiger partial charge in [-0.25, -0.2) is 18.1 Å². The number of aromatic nitrogens is 4. The van der Waals surface area contributed by atoms with Crippen LogP contribution in [0.1, 0.15) is 53.1 Å². The maximum atomic E-state index is 13.4. The Hall–Kier alpha value is -3.67. The van der Waals surface area contributed by atoms with E-state index in [9.17, 15) is 18.0 Å². The molecule has 0 atom stereocenters. The zero-order valence-electron chi connectivity index (χ0n) is 20.4. The number of nitrogens with one attached hydrogen (secondary N) is 1. The smallest absolute Gasteiger partial charge is 0.269 e. The van der Waals surface area contributed by atoms with Crippen molar-refractivity contribution in [1.82, 2.24) is 19.3 Å². The first-order valence-corrected chi connectivity index (χ1v) is 12.9. The lowest BCUT2D eigenvalue weighted by atomic mass is 10.1. The number of carbonyl (C=O) groups is 2. The third-order valence-electron chi connectivity index (χ3n) is 5.24. The van der Waals surface area contributed by atoms with Gasteiger partial charge in [0.2, 0.25) is 0 Å². The Kier molecular flexibility index (Phi) is 7.64. The molecule has 3 rings (SSSR count). The number of imidazole rings is 1. The normalized spacial score (nSPS) is 11.6. The van der Waals surface area contributed by atoms with Crippen LogP contribution in [0.5, 0.6) is 5.75 Å². The van der Waals surface area contributed by atoms with Gasteiger partial charge in [0, 0.05) is 25.7 Å². The number of anilines is 1. The van der Waals surface area contributed by atoms with Crippen LogP contribution >= 0.6 is 0 Å². The van der Waals surface area contributed by atoms with E-state index in [1.807, 2.05) is 27.8 Å². The number of primary amides is 1. The number of amides is 2. The van der Waals surface area contributed by atoms with Crippen LogP contribution < -0.4 is 15.8 Å². The van der Waals surface area contributed by atoms with E-state index >= 15 is 0 Å². The highest BCUT2D eigenvalue weighted by atomic mass is 32.2. The molecular weight excluding hydrogens is 472 g/mol. The molecule has 0 aliphatic rings. The summed E-state index contributed by atoms with van der Waals surface area (Å²) < 4.78 is 33.2. The predicted molar refractivity (Wildman–Crippen MR) is 130 cm³/mol. The SMILES string of the molecule is CCc1nn(Cc2nccn2C)c(C(N)=O)c1NC(=O)c1cc(S(C)(=O)=O)ccc1OCC(C)C. The van der Waals surface area contributed by atoms with Gasteiger partial charge in [-0.15, -0.1) is 0 Å². The predicted octanol–water partition coefficient (Wildman–Crippen LogP) is 2.02. The largest absolute Gasteiger partial charge is 0.492 e. The summed E-state index contributed by atoms with van der Waals surface area (Å²) in [5, 5.41) is 7.20. The van der Waals surface area contributed by atoms with E-state index in [0.717, 1.165) is 6.26 Å². The summed E-state index contributed by atoms with van der Waals surface area (Å²) in [6.45, 7) is 6.22. The molecule has 35 heavy (non-hydrogen) atoms. The van der Waals surface area contributed by atoms with Crippen molar-refractivity contribution in [2.75, 3.05) is 18.2 Å². The van der Waals surface area contributed by atoms with Crippen molar-refractivity contribution in [3.63, 3.8) is 0 Å². The van der Waals surface area contributed by atoms with Crippen molar-refractivity contribution in [3.05, 3.63) is 53.4 Å². The summed E-state index contributed by atoms with van der Waals surface area (Å²) in [4.78, 5) is 30.0. The van der Waals surface area contributed by atoms with Crippen molar-refractivity contribution >= 4 is 27.3 Å². The summed E-state index contributed by atoms with van der Waals surface area (Å²) in [6, 6.07) is 4.10. The number of benzene rings is 1. The van der Waals surface area contributed by atoms with Gasteiger partial charge in [-0.05, 0) is 30.5 Å². The molecule has 1 aromatic carbocycles. The van der Waals surface area contributed by atoms with Gasteiger partial charge in [0.1, 0.15) is 23.8 Å². The zero-order chi connectivity index (χ0) is 25.9. The third kappa shape index (κ3) is 5.88. The molecular formula is C23H30N6O5S. The topological polar surface area (TPSA) is 151 Å². The molecule has 12 heteroatoms. The maximum Gasteiger partial charge on any atom is 0.269 e. The van der Waals surface area contributed by atoms with Gasteiger partial charge >= 0.3 is 0 Å². The number of nitrogens with two attached hydrogens (primary N) is 1. The minimum absolute atomic E-state index is 0.0158. The molecule has 188 valence electrons. The van der Waals surface area contributed by atoms with Crippen LogP contribution in [0.2, 0.25) is 0 Å². The summed E-state index contributed by atoms with van der Waals surface area (Å²) in [5.74, 6) is -0.382. The van der Waals surface area contributed by atoms with Crippen LogP contribution in [-0.2, 0) is 29.9 Å². The number of sulfone groups is 1. The van der Waals surface area contributed by atoms with Gasteiger partial charge in [-0.3, -0.25) is 9.59 Å². The Labute approximate surface area is 204 Å². The fourth-order valence-electron chi connectivity index (χ4n) is 3.42. The number of hydrogen-bond acceptors (Lipinski definition) is 7. The average Bonchev–Trinajstić information content (AvgIpc) is 3.34. The van der Waals surface area contributed by atoms with Gasteiger partial charge in [0.25, 0.3) is 11.8 Å². The van der Waals surface area contributed by atoms with E-state index in [2.05, 4.69) is 15.4 Å². The van der Waals surface area contributed by atoms with Crippen LogP contribution in [0.15, 0.2) is 35.5 Å². The summed E-state index contributed by atoms with van der Waals surface area (Å²) in [7, 11) is -1.77. The Bertz CT molecular complexity index is 1360. The van der Waals surface area contributed by atoms with E-state index in [1.54, 1.807) is 17.0 Å². The van der Waals surface area contributed by atoms with Crippen molar-refractivity contribution in [1.29, 1.82) is 0 Å². The second kappa shape index (κ2) is 10.3. The molecule has 0 bridgehead atoms. The quantitative estimate of drug-likeness (QED) is 0.430. The number of ether oxygens (including phenoxy) is 1. The summed E-state index contributed by atoms with van der Waals surface area (Å²) in [5.41, 5.74) is 6.32. The Balaban J connectivity index is 2.05. The first-order valence-electron chi connectivity index (χ1n) is 11.1. The van der Waals surface area contributed by atoms with Crippen LogP contribution in [0.3, 0.4) is 0 Å². The summed E-state index contributed by atoms with van der Waals surface area (Å²) >= 11 is 0. The summed E-state index contributed by atoms with van der Waals surface area (Å²) in [6.07, 6.45) is 4.85. The van der Waals surface area contributed by atoms with E-state index in [4.69, 9.17) is 10.5 Å². The van der Waals surface area contributed by atoms with Crippen LogP contribution in [0.4, 0.5) is 5.69 Å².